The third-order valence-corrected chi connectivity index (χ3v) is 3.67. The van der Waals surface area contributed by atoms with Crippen molar-refractivity contribution >= 4 is 0 Å². The van der Waals surface area contributed by atoms with Crippen molar-refractivity contribution < 1.29 is 14.2 Å². The molecule has 4 heteroatoms. The van der Waals surface area contributed by atoms with E-state index in [-0.39, 0.29) is 11.9 Å². The van der Waals surface area contributed by atoms with Gasteiger partial charge >= 0.3 is 0 Å². The Labute approximate surface area is 123 Å². The van der Waals surface area contributed by atoms with E-state index in [2.05, 4.69) is 4.90 Å². The molecular weight excluding hydrogens is 269 g/mol. The summed E-state index contributed by atoms with van der Waals surface area (Å²) in [6.45, 7) is 1.98. The SMILES string of the molecule is O[C@@H](CN1CC(Oc2ccccc2F)C1)c1ccccc1. The third-order valence-electron chi connectivity index (χ3n) is 3.67. The highest BCUT2D eigenvalue weighted by molar-refractivity contribution is 5.24. The molecule has 2 aromatic rings. The van der Waals surface area contributed by atoms with E-state index in [0.717, 1.165) is 5.56 Å². The molecule has 0 bridgehead atoms. The fourth-order valence-corrected chi connectivity index (χ4v) is 2.49. The molecular formula is C17H18FNO2. The first-order chi connectivity index (χ1) is 10.2. The van der Waals surface area contributed by atoms with E-state index in [1.807, 2.05) is 30.3 Å². The molecule has 0 aliphatic carbocycles. The molecule has 1 fully saturated rings. The van der Waals surface area contributed by atoms with Gasteiger partial charge in [-0.3, -0.25) is 4.90 Å². The summed E-state index contributed by atoms with van der Waals surface area (Å²) in [5.74, 6) is -0.0361. The van der Waals surface area contributed by atoms with Gasteiger partial charge in [0.2, 0.25) is 0 Å². The summed E-state index contributed by atoms with van der Waals surface area (Å²) in [4.78, 5) is 2.10. The molecule has 0 aromatic heterocycles. The predicted octanol–water partition coefficient (Wildman–Crippen LogP) is 2.62. The van der Waals surface area contributed by atoms with Crippen molar-refractivity contribution in [3.05, 3.63) is 66.0 Å². The van der Waals surface area contributed by atoms with E-state index in [1.54, 1.807) is 18.2 Å². The normalized spacial score (nSPS) is 17.2. The maximum Gasteiger partial charge on any atom is 0.165 e. The summed E-state index contributed by atoms with van der Waals surface area (Å²) in [6, 6.07) is 16.0. The van der Waals surface area contributed by atoms with Crippen LogP contribution in [0.15, 0.2) is 54.6 Å². The number of para-hydroxylation sites is 1. The second kappa shape index (κ2) is 6.24. The molecule has 3 nitrogen and oxygen atoms in total. The first-order valence-corrected chi connectivity index (χ1v) is 7.09. The van der Waals surface area contributed by atoms with Crippen LogP contribution in [0.4, 0.5) is 4.39 Å². The van der Waals surface area contributed by atoms with Crippen LogP contribution >= 0.6 is 0 Å². The van der Waals surface area contributed by atoms with Crippen LogP contribution in [0, 0.1) is 5.82 Å². The van der Waals surface area contributed by atoms with Crippen LogP contribution in [0.3, 0.4) is 0 Å². The Hall–Kier alpha value is -1.91. The first-order valence-electron chi connectivity index (χ1n) is 7.09. The Bertz CT molecular complexity index is 584. The van der Waals surface area contributed by atoms with Crippen LogP contribution in [0.5, 0.6) is 5.75 Å². The fourth-order valence-electron chi connectivity index (χ4n) is 2.49. The van der Waals surface area contributed by atoms with Crippen LogP contribution in [0.1, 0.15) is 11.7 Å². The smallest absolute Gasteiger partial charge is 0.165 e. The second-order valence-corrected chi connectivity index (χ2v) is 5.32. The minimum atomic E-state index is -0.499. The van der Waals surface area contributed by atoms with Gasteiger partial charge in [0.1, 0.15) is 6.10 Å². The molecule has 21 heavy (non-hydrogen) atoms. The first kappa shape index (κ1) is 14.0. The molecule has 1 aliphatic heterocycles. The van der Waals surface area contributed by atoms with Gasteiger partial charge in [0.25, 0.3) is 0 Å². The average Bonchev–Trinajstić information content (AvgIpc) is 2.48. The van der Waals surface area contributed by atoms with Crippen molar-refractivity contribution in [1.82, 2.24) is 4.90 Å². The maximum atomic E-state index is 13.5. The van der Waals surface area contributed by atoms with Gasteiger partial charge in [-0.15, -0.1) is 0 Å². The Morgan fingerprint density at radius 1 is 1.10 bits per heavy atom. The number of ether oxygens (including phenoxy) is 1. The summed E-state index contributed by atoms with van der Waals surface area (Å²) in [7, 11) is 0. The maximum absolute atomic E-state index is 13.5. The van der Waals surface area contributed by atoms with Gasteiger partial charge < -0.3 is 9.84 Å². The van der Waals surface area contributed by atoms with Crippen LogP contribution in [-0.4, -0.2) is 35.7 Å². The van der Waals surface area contributed by atoms with E-state index >= 15 is 0 Å². The quantitative estimate of drug-likeness (QED) is 0.917. The lowest BCUT2D eigenvalue weighted by atomic mass is 10.1. The van der Waals surface area contributed by atoms with Crippen LogP contribution < -0.4 is 4.74 Å². The second-order valence-electron chi connectivity index (χ2n) is 5.32. The number of hydrogen-bond acceptors (Lipinski definition) is 3. The van der Waals surface area contributed by atoms with E-state index < -0.39 is 6.10 Å². The number of aliphatic hydroxyl groups is 1. The summed E-state index contributed by atoms with van der Waals surface area (Å²) >= 11 is 0. The van der Waals surface area contributed by atoms with Gasteiger partial charge in [0.05, 0.1) is 6.10 Å². The predicted molar refractivity (Wildman–Crippen MR) is 78.7 cm³/mol. The molecule has 110 valence electrons. The zero-order chi connectivity index (χ0) is 14.7. The molecule has 0 radical (unpaired) electrons. The minimum absolute atomic E-state index is 0.00938. The third kappa shape index (κ3) is 3.40. The van der Waals surface area contributed by atoms with Crippen molar-refractivity contribution in [3.8, 4) is 5.75 Å². The van der Waals surface area contributed by atoms with Crippen molar-refractivity contribution in [2.75, 3.05) is 19.6 Å². The fraction of sp³-hybridized carbons (Fsp3) is 0.294. The molecule has 1 saturated heterocycles. The van der Waals surface area contributed by atoms with Crippen LogP contribution in [0.25, 0.3) is 0 Å². The van der Waals surface area contributed by atoms with Crippen LogP contribution in [-0.2, 0) is 0 Å². The van der Waals surface area contributed by atoms with Gasteiger partial charge in [-0.25, -0.2) is 4.39 Å². The number of nitrogens with zero attached hydrogens (tertiary/aromatic N) is 1. The van der Waals surface area contributed by atoms with Gasteiger partial charge in [0.15, 0.2) is 11.6 Å². The molecule has 0 spiro atoms. The number of benzene rings is 2. The standard InChI is InChI=1S/C17H18FNO2/c18-15-8-4-5-9-17(15)21-14-10-19(11-14)12-16(20)13-6-2-1-3-7-13/h1-9,14,16,20H,10-12H2/t16-/m0/s1. The largest absolute Gasteiger partial charge is 0.485 e. The number of halogens is 1. The summed E-state index contributed by atoms with van der Waals surface area (Å²) in [5.41, 5.74) is 0.913. The highest BCUT2D eigenvalue weighted by Crippen LogP contribution is 2.23. The highest BCUT2D eigenvalue weighted by Gasteiger charge is 2.30. The van der Waals surface area contributed by atoms with Crippen LogP contribution in [0.2, 0.25) is 0 Å². The van der Waals surface area contributed by atoms with Crippen molar-refractivity contribution in [2.45, 2.75) is 12.2 Å². The van der Waals surface area contributed by atoms with E-state index in [4.69, 9.17) is 4.74 Å². The Balaban J connectivity index is 1.47. The number of rotatable bonds is 5. The molecule has 1 aliphatic rings. The van der Waals surface area contributed by atoms with Crippen molar-refractivity contribution in [1.29, 1.82) is 0 Å². The molecule has 1 N–H and O–H groups in total. The summed E-state index contributed by atoms with van der Waals surface area (Å²) in [6.07, 6.45) is -0.509. The number of likely N-dealkylation sites (tertiary alicyclic amines) is 1. The van der Waals surface area contributed by atoms with Gasteiger partial charge in [0, 0.05) is 19.6 Å². The summed E-state index contributed by atoms with van der Waals surface area (Å²) in [5, 5.41) is 10.1. The zero-order valence-corrected chi connectivity index (χ0v) is 11.7. The molecule has 0 saturated carbocycles. The molecule has 0 amide bonds. The molecule has 1 atom stereocenters. The van der Waals surface area contributed by atoms with E-state index in [0.29, 0.717) is 25.4 Å². The van der Waals surface area contributed by atoms with Crippen molar-refractivity contribution in [3.63, 3.8) is 0 Å². The monoisotopic (exact) mass is 287 g/mol. The highest BCUT2D eigenvalue weighted by atomic mass is 19.1. The van der Waals surface area contributed by atoms with E-state index in [9.17, 15) is 9.50 Å². The van der Waals surface area contributed by atoms with Gasteiger partial charge in [-0.05, 0) is 17.7 Å². The van der Waals surface area contributed by atoms with Crippen molar-refractivity contribution in [2.24, 2.45) is 0 Å². The molecule has 0 unspecified atom stereocenters. The average molecular weight is 287 g/mol. The molecule has 2 aromatic carbocycles. The van der Waals surface area contributed by atoms with Gasteiger partial charge in [-0.2, -0.15) is 0 Å². The zero-order valence-electron chi connectivity index (χ0n) is 11.7. The Kier molecular flexibility index (Phi) is 4.18. The number of β-amino-alcohol motifs (C(OH)–C–C–N with tert-alkyl or cyclic N) is 1. The number of hydrogen-bond donors (Lipinski definition) is 1. The topological polar surface area (TPSA) is 32.7 Å². The summed E-state index contributed by atoms with van der Waals surface area (Å²) < 4.78 is 19.1. The lowest BCUT2D eigenvalue weighted by Gasteiger charge is -2.40. The Morgan fingerprint density at radius 3 is 2.48 bits per heavy atom. The van der Waals surface area contributed by atoms with E-state index in [1.165, 1.54) is 6.07 Å². The molecule has 1 heterocycles. The minimum Gasteiger partial charge on any atom is -0.485 e. The van der Waals surface area contributed by atoms with Gasteiger partial charge in [-0.1, -0.05) is 42.5 Å². The lowest BCUT2D eigenvalue weighted by Crippen LogP contribution is -2.54. The Morgan fingerprint density at radius 2 is 1.76 bits per heavy atom. The molecule has 3 rings (SSSR count). The number of aliphatic hydroxyl groups excluding tert-OH is 1. The lowest BCUT2D eigenvalue weighted by molar-refractivity contribution is -0.0101.